The van der Waals surface area contributed by atoms with Gasteiger partial charge in [0.25, 0.3) is 0 Å². The Morgan fingerprint density at radius 2 is 2.31 bits per heavy atom. The molecule has 2 rings (SSSR count). The zero-order valence-electron chi connectivity index (χ0n) is 9.29. The van der Waals surface area contributed by atoms with E-state index in [9.17, 15) is 0 Å². The Morgan fingerprint density at radius 1 is 1.44 bits per heavy atom. The summed E-state index contributed by atoms with van der Waals surface area (Å²) < 4.78 is 0. The molecule has 0 atom stereocenters. The van der Waals surface area contributed by atoms with Crippen LogP contribution in [0.1, 0.15) is 38.2 Å². The summed E-state index contributed by atoms with van der Waals surface area (Å²) in [6.45, 7) is 2.21. The molecule has 16 heavy (non-hydrogen) atoms. The number of thiophene rings is 1. The normalized spacial score (nSPS) is 14.6. The Morgan fingerprint density at radius 3 is 3.12 bits per heavy atom. The number of halogens is 1. The molecular weight excluding hydrogens is 240 g/mol. The van der Waals surface area contributed by atoms with Crippen molar-refractivity contribution < 1.29 is 0 Å². The van der Waals surface area contributed by atoms with E-state index in [1.807, 2.05) is 0 Å². The molecule has 0 saturated heterocycles. The molecule has 0 amide bonds. The Kier molecular flexibility index (Phi) is 4.02. The van der Waals surface area contributed by atoms with Crippen LogP contribution in [0.15, 0.2) is 27.8 Å². The molecule has 0 fully saturated rings. The molecule has 1 aromatic heterocycles. The lowest BCUT2D eigenvalue weighted by Gasteiger charge is -2.04. The quantitative estimate of drug-likeness (QED) is 0.617. The molecule has 1 N–H and O–H groups in total. The highest BCUT2D eigenvalue weighted by Crippen LogP contribution is 2.29. The highest BCUT2D eigenvalue weighted by atomic mass is 35.5. The fraction of sp³-hybridized carbons (Fsp3) is 0.417. The lowest BCUT2D eigenvalue weighted by Crippen LogP contribution is -2.00. The van der Waals surface area contributed by atoms with Gasteiger partial charge in [-0.25, -0.2) is 0 Å². The minimum atomic E-state index is 0.592. The fourth-order valence-corrected chi connectivity index (χ4v) is 2.74. The number of unbranched alkanes of at least 4 members (excludes halogenated alkanes) is 2. The molecule has 2 heterocycles. The van der Waals surface area contributed by atoms with E-state index in [1.165, 1.54) is 24.8 Å². The standard InChI is InChI=1S/C12H15ClN2S/c1-2-3-4-5-10-9-6-7-16-12(9)15-11(13)8-14-10/h6-8,15H,2-5H2,1H3. The Balaban J connectivity index is 2.17. The molecule has 0 radical (unpaired) electrons. The number of hydrogen-bond acceptors (Lipinski definition) is 3. The first-order valence-electron chi connectivity index (χ1n) is 5.58. The summed E-state index contributed by atoms with van der Waals surface area (Å²) in [7, 11) is 0. The monoisotopic (exact) mass is 254 g/mol. The first kappa shape index (κ1) is 11.7. The van der Waals surface area contributed by atoms with Gasteiger partial charge in [0, 0.05) is 5.56 Å². The van der Waals surface area contributed by atoms with E-state index >= 15 is 0 Å². The van der Waals surface area contributed by atoms with Gasteiger partial charge >= 0.3 is 0 Å². The van der Waals surface area contributed by atoms with Crippen LogP contribution in [0.3, 0.4) is 0 Å². The molecule has 0 spiro atoms. The highest BCUT2D eigenvalue weighted by Gasteiger charge is 2.13. The van der Waals surface area contributed by atoms with Crippen LogP contribution in [0.2, 0.25) is 0 Å². The summed E-state index contributed by atoms with van der Waals surface area (Å²) >= 11 is 7.65. The van der Waals surface area contributed by atoms with Crippen molar-refractivity contribution in [3.05, 3.63) is 28.4 Å². The number of nitrogens with zero attached hydrogens (tertiary/aromatic N) is 1. The first-order valence-corrected chi connectivity index (χ1v) is 6.84. The van der Waals surface area contributed by atoms with Crippen molar-refractivity contribution >= 4 is 33.7 Å². The van der Waals surface area contributed by atoms with Crippen LogP contribution in [0.5, 0.6) is 0 Å². The van der Waals surface area contributed by atoms with Gasteiger partial charge in [-0.3, -0.25) is 4.99 Å². The molecule has 86 valence electrons. The molecule has 1 aliphatic heterocycles. The van der Waals surface area contributed by atoms with Gasteiger partial charge in [0.15, 0.2) is 0 Å². The van der Waals surface area contributed by atoms with E-state index in [1.54, 1.807) is 17.5 Å². The van der Waals surface area contributed by atoms with E-state index in [2.05, 4.69) is 28.7 Å². The third-order valence-electron chi connectivity index (χ3n) is 2.56. The van der Waals surface area contributed by atoms with Crippen LogP contribution in [0.25, 0.3) is 0 Å². The summed E-state index contributed by atoms with van der Waals surface area (Å²) in [5.74, 6) is 0. The highest BCUT2D eigenvalue weighted by molar-refractivity contribution is 7.14. The number of anilines is 1. The minimum Gasteiger partial charge on any atom is -0.336 e. The maximum absolute atomic E-state index is 5.98. The fourth-order valence-electron chi connectivity index (χ4n) is 1.72. The second-order valence-corrected chi connectivity index (χ2v) is 5.12. The van der Waals surface area contributed by atoms with Crippen LogP contribution in [-0.2, 0) is 0 Å². The van der Waals surface area contributed by atoms with Crippen molar-refractivity contribution in [2.45, 2.75) is 32.6 Å². The second kappa shape index (κ2) is 5.51. The van der Waals surface area contributed by atoms with Crippen molar-refractivity contribution in [2.75, 3.05) is 5.32 Å². The Hall–Kier alpha value is -0.800. The number of hydrogen-bond donors (Lipinski definition) is 1. The minimum absolute atomic E-state index is 0.592. The van der Waals surface area contributed by atoms with E-state index in [0.29, 0.717) is 5.16 Å². The molecule has 2 nitrogen and oxygen atoms in total. The third kappa shape index (κ3) is 2.66. The van der Waals surface area contributed by atoms with Gasteiger partial charge in [0.2, 0.25) is 0 Å². The lowest BCUT2D eigenvalue weighted by molar-refractivity contribution is 0.742. The Bertz CT molecular complexity index is 420. The van der Waals surface area contributed by atoms with Gasteiger partial charge in [0.05, 0.1) is 11.9 Å². The van der Waals surface area contributed by atoms with Gasteiger partial charge in [-0.05, 0) is 24.3 Å². The van der Waals surface area contributed by atoms with Crippen molar-refractivity contribution in [3.8, 4) is 0 Å². The van der Waals surface area contributed by atoms with E-state index in [0.717, 1.165) is 17.1 Å². The van der Waals surface area contributed by atoms with Gasteiger partial charge in [0.1, 0.15) is 10.2 Å². The molecule has 0 aromatic carbocycles. The number of nitrogens with one attached hydrogen (secondary N) is 1. The van der Waals surface area contributed by atoms with Gasteiger partial charge in [-0.1, -0.05) is 31.4 Å². The lowest BCUT2D eigenvalue weighted by atomic mass is 10.1. The molecule has 0 unspecified atom stereocenters. The third-order valence-corrected chi connectivity index (χ3v) is 3.58. The van der Waals surface area contributed by atoms with E-state index < -0.39 is 0 Å². The van der Waals surface area contributed by atoms with Gasteiger partial charge in [-0.15, -0.1) is 11.3 Å². The van der Waals surface area contributed by atoms with Crippen LogP contribution < -0.4 is 5.32 Å². The van der Waals surface area contributed by atoms with Crippen LogP contribution in [-0.4, -0.2) is 5.71 Å². The van der Waals surface area contributed by atoms with Crippen molar-refractivity contribution in [2.24, 2.45) is 4.99 Å². The maximum atomic E-state index is 5.98. The largest absolute Gasteiger partial charge is 0.336 e. The second-order valence-electron chi connectivity index (χ2n) is 3.80. The van der Waals surface area contributed by atoms with E-state index in [4.69, 9.17) is 11.6 Å². The first-order chi connectivity index (χ1) is 7.81. The number of aliphatic imine (C=N–C) groups is 1. The summed E-state index contributed by atoms with van der Waals surface area (Å²) in [5, 5.41) is 6.92. The number of rotatable bonds is 4. The average Bonchev–Trinajstić information content (AvgIpc) is 2.66. The predicted molar refractivity (Wildman–Crippen MR) is 72.6 cm³/mol. The summed E-state index contributed by atoms with van der Waals surface area (Å²) in [6.07, 6.45) is 6.41. The van der Waals surface area contributed by atoms with Crippen LogP contribution in [0, 0.1) is 0 Å². The predicted octanol–water partition coefficient (Wildman–Crippen LogP) is 4.58. The molecule has 0 aliphatic carbocycles. The van der Waals surface area contributed by atoms with Crippen molar-refractivity contribution in [3.63, 3.8) is 0 Å². The summed E-state index contributed by atoms with van der Waals surface area (Å²) in [6, 6.07) is 2.11. The average molecular weight is 255 g/mol. The van der Waals surface area contributed by atoms with Gasteiger partial charge in [-0.2, -0.15) is 0 Å². The van der Waals surface area contributed by atoms with E-state index in [-0.39, 0.29) is 0 Å². The smallest absolute Gasteiger partial charge is 0.125 e. The van der Waals surface area contributed by atoms with Crippen LogP contribution >= 0.6 is 22.9 Å². The zero-order valence-corrected chi connectivity index (χ0v) is 10.9. The molecule has 1 aliphatic rings. The van der Waals surface area contributed by atoms with Crippen LogP contribution in [0.4, 0.5) is 5.00 Å². The van der Waals surface area contributed by atoms with Crippen molar-refractivity contribution in [1.82, 2.24) is 0 Å². The SMILES string of the molecule is CCCCCC1=NC=C(Cl)Nc2sccc21. The topological polar surface area (TPSA) is 24.4 Å². The molecule has 0 bridgehead atoms. The molecule has 4 heteroatoms. The Labute approximate surface area is 105 Å². The maximum Gasteiger partial charge on any atom is 0.125 e. The summed E-state index contributed by atoms with van der Waals surface area (Å²) in [5.41, 5.74) is 2.35. The van der Waals surface area contributed by atoms with Gasteiger partial charge < -0.3 is 5.32 Å². The zero-order chi connectivity index (χ0) is 11.4. The number of fused-ring (bicyclic) bond motifs is 1. The molecule has 1 aromatic rings. The van der Waals surface area contributed by atoms with Crippen molar-refractivity contribution in [1.29, 1.82) is 0 Å². The molecule has 0 saturated carbocycles. The molecular formula is C12H15ClN2S. The summed E-state index contributed by atoms with van der Waals surface area (Å²) in [4.78, 5) is 4.46.